The summed E-state index contributed by atoms with van der Waals surface area (Å²) in [4.78, 5) is 41.2. The molecule has 0 saturated carbocycles. The van der Waals surface area contributed by atoms with Crippen LogP contribution in [-0.4, -0.2) is 25.4 Å². The van der Waals surface area contributed by atoms with Crippen molar-refractivity contribution in [2.45, 2.75) is 7.43 Å². The molecule has 0 aromatic heterocycles. The SMILES string of the molecule is C.O=[N+]([O-])[O-].O=[N+]([O-])[O-].O=[N+]([O-])[O-].O=[N+]([O-])[O-].O=[N+]([O-])[O-].[Ta+5]. The molecule has 128 valence electrons. The van der Waals surface area contributed by atoms with Crippen molar-refractivity contribution in [3.8, 4) is 0 Å². The first-order chi connectivity index (χ1) is 8.66. The minimum absolute atomic E-state index is 0. The van der Waals surface area contributed by atoms with Gasteiger partial charge in [-0.2, -0.15) is 0 Å². The van der Waals surface area contributed by atoms with Crippen LogP contribution in [0.15, 0.2) is 0 Å². The molecular formula is CH4N5O15Ta. The molecule has 0 radical (unpaired) electrons. The van der Waals surface area contributed by atoms with E-state index in [0.29, 0.717) is 0 Å². The third-order valence-corrected chi connectivity index (χ3v) is 0. The second-order valence-corrected chi connectivity index (χ2v) is 1.12. The number of hydrogen-bond acceptors (Lipinski definition) is 15. The smallest absolute Gasteiger partial charge is 0.356 e. The van der Waals surface area contributed by atoms with Crippen molar-refractivity contribution in [2.75, 3.05) is 0 Å². The topological polar surface area (TPSA) is 331 Å². The zero-order valence-electron chi connectivity index (χ0n) is 8.81. The molecule has 21 heteroatoms. The van der Waals surface area contributed by atoms with Crippen LogP contribution in [0.25, 0.3) is 0 Å². The fourth-order valence-corrected chi connectivity index (χ4v) is 0. The van der Waals surface area contributed by atoms with E-state index in [-0.39, 0.29) is 29.8 Å². The maximum Gasteiger partial charge on any atom is 5.00 e. The van der Waals surface area contributed by atoms with Gasteiger partial charge in [0.1, 0.15) is 0 Å². The van der Waals surface area contributed by atoms with Crippen LogP contribution in [0.4, 0.5) is 0 Å². The molecule has 0 amide bonds. The molecular weight excluding hydrogens is 503 g/mol. The molecule has 0 bridgehead atoms. The Hall–Kier alpha value is -3.26. The summed E-state index contributed by atoms with van der Waals surface area (Å²) in [5, 5.41) is 73.8. The molecule has 0 unspecified atom stereocenters. The van der Waals surface area contributed by atoms with E-state index in [4.69, 9.17) is 76.6 Å². The molecule has 0 spiro atoms. The van der Waals surface area contributed by atoms with E-state index in [0.717, 1.165) is 0 Å². The third kappa shape index (κ3) is 390. The Morgan fingerprint density at radius 3 is 0.364 bits per heavy atom. The van der Waals surface area contributed by atoms with Gasteiger partial charge in [-0.05, 0) is 0 Å². The molecule has 0 atom stereocenters. The van der Waals surface area contributed by atoms with E-state index in [1.165, 1.54) is 0 Å². The Morgan fingerprint density at radius 1 is 0.364 bits per heavy atom. The monoisotopic (exact) mass is 507 g/mol. The van der Waals surface area contributed by atoms with Gasteiger partial charge in [-0.1, -0.05) is 7.43 Å². The Balaban J connectivity index is -0.0000000250. The van der Waals surface area contributed by atoms with E-state index in [9.17, 15) is 0 Å². The quantitative estimate of drug-likeness (QED) is 0.293. The zero-order valence-corrected chi connectivity index (χ0v) is 12.0. The standard InChI is InChI=1S/CH4.5NO3.Ta/c;5*2-1(3)4;/h1H4;;;;;;/q;5*-1;+5. The van der Waals surface area contributed by atoms with Gasteiger partial charge in [0.25, 0.3) is 0 Å². The Bertz CT molecular complexity index is 213. The van der Waals surface area contributed by atoms with Gasteiger partial charge in [-0.25, -0.2) is 0 Å². The summed E-state index contributed by atoms with van der Waals surface area (Å²) >= 11 is 0. The van der Waals surface area contributed by atoms with Crippen molar-refractivity contribution < 1.29 is 47.8 Å². The van der Waals surface area contributed by atoms with Crippen molar-refractivity contribution in [2.24, 2.45) is 0 Å². The fourth-order valence-electron chi connectivity index (χ4n) is 0. The summed E-state index contributed by atoms with van der Waals surface area (Å²) in [6, 6.07) is 0. The van der Waals surface area contributed by atoms with Gasteiger partial charge in [0.15, 0.2) is 0 Å². The second-order valence-electron chi connectivity index (χ2n) is 1.12. The molecule has 0 aliphatic heterocycles. The first-order valence-corrected chi connectivity index (χ1v) is 2.74. The average Bonchev–Trinajstić information content (AvgIpc) is 1.94. The molecule has 0 fully saturated rings. The molecule has 0 N–H and O–H groups in total. The van der Waals surface area contributed by atoms with Gasteiger partial charge < -0.3 is 76.6 Å². The van der Waals surface area contributed by atoms with Gasteiger partial charge >= 0.3 is 22.4 Å². The van der Waals surface area contributed by atoms with E-state index >= 15 is 0 Å². The zero-order chi connectivity index (χ0) is 17.9. The Kier molecular flexibility index (Phi) is 70.2. The van der Waals surface area contributed by atoms with Crippen LogP contribution in [0.2, 0.25) is 0 Å². The minimum atomic E-state index is -1.75. The van der Waals surface area contributed by atoms with Crippen molar-refractivity contribution in [3.63, 3.8) is 0 Å². The van der Waals surface area contributed by atoms with Crippen molar-refractivity contribution in [3.05, 3.63) is 76.6 Å². The summed E-state index contributed by atoms with van der Waals surface area (Å²) < 4.78 is 0. The first-order valence-electron chi connectivity index (χ1n) is 2.74. The van der Waals surface area contributed by atoms with Gasteiger partial charge in [0, 0.05) is 0 Å². The van der Waals surface area contributed by atoms with Gasteiger partial charge in [0.05, 0.1) is 25.4 Å². The minimum Gasteiger partial charge on any atom is -0.356 e. The van der Waals surface area contributed by atoms with Crippen LogP contribution in [0, 0.1) is 76.6 Å². The van der Waals surface area contributed by atoms with E-state index in [1.54, 1.807) is 0 Å². The van der Waals surface area contributed by atoms with Gasteiger partial charge in [-0.15, -0.1) is 0 Å². The van der Waals surface area contributed by atoms with Crippen LogP contribution in [0.5, 0.6) is 0 Å². The molecule has 22 heavy (non-hydrogen) atoms. The molecule has 0 aliphatic carbocycles. The van der Waals surface area contributed by atoms with Crippen molar-refractivity contribution in [1.29, 1.82) is 0 Å². The molecule has 0 heterocycles. The second kappa shape index (κ2) is 36.1. The van der Waals surface area contributed by atoms with Crippen molar-refractivity contribution >= 4 is 0 Å². The molecule has 0 aliphatic rings. The maximum absolute atomic E-state index is 8.25. The molecule has 20 nitrogen and oxygen atoms in total. The van der Waals surface area contributed by atoms with Crippen molar-refractivity contribution in [1.82, 2.24) is 0 Å². The summed E-state index contributed by atoms with van der Waals surface area (Å²) in [5.74, 6) is 0. The van der Waals surface area contributed by atoms with Gasteiger partial charge in [-0.3, -0.25) is 0 Å². The third-order valence-electron chi connectivity index (χ3n) is 0. The molecule has 0 saturated heterocycles. The predicted octanol–water partition coefficient (Wildman–Crippen LogP) is -0.562. The summed E-state index contributed by atoms with van der Waals surface area (Å²) in [6.45, 7) is 0. The van der Waals surface area contributed by atoms with Gasteiger partial charge in [0.2, 0.25) is 0 Å². The van der Waals surface area contributed by atoms with Crippen LogP contribution < -0.4 is 0 Å². The Morgan fingerprint density at radius 2 is 0.364 bits per heavy atom. The average molecular weight is 507 g/mol. The fraction of sp³-hybridized carbons (Fsp3) is 1.00. The predicted molar refractivity (Wildman–Crippen MR) is 58.5 cm³/mol. The van der Waals surface area contributed by atoms with Crippen LogP contribution in [-0.2, 0) is 22.4 Å². The number of rotatable bonds is 0. The largest absolute Gasteiger partial charge is 5.00 e. The summed E-state index contributed by atoms with van der Waals surface area (Å²) in [6.07, 6.45) is 0. The summed E-state index contributed by atoms with van der Waals surface area (Å²) in [7, 11) is 0. The van der Waals surface area contributed by atoms with E-state index < -0.39 is 25.4 Å². The van der Waals surface area contributed by atoms with E-state index in [2.05, 4.69) is 0 Å². The first kappa shape index (κ1) is 42.8. The normalized spacial score (nSPS) is 5.45. The molecule has 0 aromatic rings. The van der Waals surface area contributed by atoms with Crippen LogP contribution in [0.1, 0.15) is 7.43 Å². The number of nitrogens with zero attached hydrogens (tertiary/aromatic N) is 5. The van der Waals surface area contributed by atoms with Crippen LogP contribution in [0.3, 0.4) is 0 Å². The molecule has 0 aromatic carbocycles. The molecule has 0 rings (SSSR count). The van der Waals surface area contributed by atoms with E-state index in [1.807, 2.05) is 0 Å². The maximum atomic E-state index is 8.25. The number of hydrogen-bond donors (Lipinski definition) is 0. The van der Waals surface area contributed by atoms with Crippen LogP contribution >= 0.6 is 0 Å². The summed E-state index contributed by atoms with van der Waals surface area (Å²) in [5.41, 5.74) is 0. The Labute approximate surface area is 132 Å².